The lowest BCUT2D eigenvalue weighted by Gasteiger charge is -2.16. The highest BCUT2D eigenvalue weighted by atomic mass is 32.2. The molecule has 4 rings (SSSR count). The maximum absolute atomic E-state index is 14.1. The van der Waals surface area contributed by atoms with Crippen LogP contribution in [0.25, 0.3) is 16.8 Å². The van der Waals surface area contributed by atoms with Crippen LogP contribution in [0.3, 0.4) is 0 Å². The minimum absolute atomic E-state index is 0.0803. The minimum Gasteiger partial charge on any atom is -0.345 e. The van der Waals surface area contributed by atoms with E-state index in [2.05, 4.69) is 29.7 Å². The van der Waals surface area contributed by atoms with Gasteiger partial charge in [-0.05, 0) is 42.2 Å². The first kappa shape index (κ1) is 35.5. The van der Waals surface area contributed by atoms with Crippen LogP contribution in [0.2, 0.25) is 0 Å². The normalized spacial score (nSPS) is 12.6. The number of halogens is 5. The molecule has 0 fully saturated rings. The maximum Gasteiger partial charge on any atom is 0.523 e. The Bertz CT molecular complexity index is 1750. The van der Waals surface area contributed by atoms with E-state index in [1.54, 1.807) is 18.2 Å². The standard InChI is InChI=1S/C26H27F5N6O5S.C2H6/c1-15-9-17(5-6-18(15)11-32-22(38)21-35-23(42-36-21)24(2,3)4)20-19-10-16(12-37(19)34-14-33-20)7-8-25(27,28)13-41-43(39,40)26(29,30)31;1-2/h5-6,9-10,12,14H,7-8,11,13H2,1-4H3,(H,32,38);1-2H3. The zero-order valence-electron chi connectivity index (χ0n) is 25.4. The maximum atomic E-state index is 14.1. The number of benzene rings is 1. The van der Waals surface area contributed by atoms with Crippen molar-refractivity contribution in [1.82, 2.24) is 30.1 Å². The van der Waals surface area contributed by atoms with Gasteiger partial charge in [-0.1, -0.05) is 51.9 Å². The third kappa shape index (κ3) is 8.81. The van der Waals surface area contributed by atoms with E-state index in [4.69, 9.17) is 4.52 Å². The molecule has 45 heavy (non-hydrogen) atoms. The monoisotopic (exact) mass is 660 g/mol. The van der Waals surface area contributed by atoms with Gasteiger partial charge in [-0.25, -0.2) is 18.3 Å². The van der Waals surface area contributed by atoms with E-state index in [0.29, 0.717) is 28.2 Å². The van der Waals surface area contributed by atoms with E-state index in [1.165, 1.54) is 17.0 Å². The summed E-state index contributed by atoms with van der Waals surface area (Å²) in [6.45, 7) is 9.72. The molecule has 0 aliphatic carbocycles. The van der Waals surface area contributed by atoms with Gasteiger partial charge in [-0.3, -0.25) is 8.98 Å². The molecule has 1 amide bonds. The Morgan fingerprint density at radius 1 is 1.09 bits per heavy atom. The number of nitrogens with one attached hydrogen (secondary N) is 1. The molecule has 4 aromatic rings. The van der Waals surface area contributed by atoms with Crippen LogP contribution in [-0.2, 0) is 32.7 Å². The summed E-state index contributed by atoms with van der Waals surface area (Å²) < 4.78 is 97.3. The average molecular weight is 661 g/mol. The summed E-state index contributed by atoms with van der Waals surface area (Å²) in [6.07, 6.45) is 1.46. The zero-order chi connectivity index (χ0) is 33.8. The molecule has 11 nitrogen and oxygen atoms in total. The Morgan fingerprint density at radius 3 is 2.38 bits per heavy atom. The van der Waals surface area contributed by atoms with Gasteiger partial charge in [0, 0.05) is 30.1 Å². The van der Waals surface area contributed by atoms with Gasteiger partial charge in [0.15, 0.2) is 0 Å². The molecule has 0 aliphatic rings. The second kappa shape index (κ2) is 13.6. The van der Waals surface area contributed by atoms with Gasteiger partial charge in [-0.15, -0.1) is 0 Å². The van der Waals surface area contributed by atoms with Crippen molar-refractivity contribution in [2.75, 3.05) is 6.61 Å². The topological polar surface area (TPSA) is 142 Å². The van der Waals surface area contributed by atoms with E-state index >= 15 is 0 Å². The van der Waals surface area contributed by atoms with Crippen LogP contribution in [-0.4, -0.2) is 57.1 Å². The highest BCUT2D eigenvalue weighted by molar-refractivity contribution is 7.87. The van der Waals surface area contributed by atoms with Crippen molar-refractivity contribution in [3.63, 3.8) is 0 Å². The third-order valence-electron chi connectivity index (χ3n) is 6.28. The SMILES string of the molecule is CC.Cc1cc(-c2ncnn3cc(CCC(F)(F)COS(=O)(=O)C(F)(F)F)cc23)ccc1CNC(=O)c1noc(C(C)(C)C)n1. The lowest BCUT2D eigenvalue weighted by molar-refractivity contribution is -0.0743. The average Bonchev–Trinajstić information content (AvgIpc) is 3.63. The lowest BCUT2D eigenvalue weighted by Crippen LogP contribution is -2.32. The second-order valence-corrected chi connectivity index (χ2v) is 12.4. The summed E-state index contributed by atoms with van der Waals surface area (Å²) in [6, 6.07) is 6.94. The van der Waals surface area contributed by atoms with Crippen molar-refractivity contribution < 1.29 is 43.9 Å². The van der Waals surface area contributed by atoms with Crippen molar-refractivity contribution in [3.05, 3.63) is 65.2 Å². The highest BCUT2D eigenvalue weighted by Gasteiger charge is 2.49. The van der Waals surface area contributed by atoms with Crippen molar-refractivity contribution in [1.29, 1.82) is 0 Å². The lowest BCUT2D eigenvalue weighted by atomic mass is 9.97. The van der Waals surface area contributed by atoms with Crippen LogP contribution in [0.4, 0.5) is 22.0 Å². The number of amides is 1. The number of carbonyl (C=O) groups excluding carboxylic acids is 1. The first-order valence-corrected chi connectivity index (χ1v) is 15.2. The number of nitrogens with zero attached hydrogens (tertiary/aromatic N) is 5. The van der Waals surface area contributed by atoms with Gasteiger partial charge in [-0.2, -0.15) is 31.7 Å². The molecule has 0 spiro atoms. The molecule has 0 saturated heterocycles. The van der Waals surface area contributed by atoms with Gasteiger partial charge in [0.1, 0.15) is 12.9 Å². The van der Waals surface area contributed by atoms with Gasteiger partial charge in [0.05, 0.1) is 11.2 Å². The van der Waals surface area contributed by atoms with E-state index in [9.17, 15) is 35.2 Å². The first-order valence-electron chi connectivity index (χ1n) is 13.7. The van der Waals surface area contributed by atoms with Crippen molar-refractivity contribution in [2.24, 2.45) is 0 Å². The van der Waals surface area contributed by atoms with Crippen molar-refractivity contribution in [2.45, 2.75) is 77.8 Å². The van der Waals surface area contributed by atoms with Crippen molar-refractivity contribution in [3.8, 4) is 11.3 Å². The number of alkyl halides is 5. The van der Waals surface area contributed by atoms with Gasteiger partial charge in [0.2, 0.25) is 5.89 Å². The molecule has 246 valence electrons. The third-order valence-corrected chi connectivity index (χ3v) is 7.27. The van der Waals surface area contributed by atoms with E-state index in [0.717, 1.165) is 11.1 Å². The number of carbonyl (C=O) groups is 1. The van der Waals surface area contributed by atoms with Crippen molar-refractivity contribution >= 4 is 21.5 Å². The Morgan fingerprint density at radius 2 is 1.78 bits per heavy atom. The van der Waals surface area contributed by atoms with Crippen LogP contribution in [0.15, 0.2) is 41.3 Å². The number of aromatic nitrogens is 5. The molecule has 0 radical (unpaired) electrons. The fourth-order valence-corrected chi connectivity index (χ4v) is 4.35. The van der Waals surface area contributed by atoms with Crippen LogP contribution >= 0.6 is 0 Å². The predicted molar refractivity (Wildman–Crippen MR) is 153 cm³/mol. The summed E-state index contributed by atoms with van der Waals surface area (Å²) in [5, 5.41) is 10.6. The number of rotatable bonds is 10. The Labute approximate surface area is 256 Å². The Hall–Kier alpha value is -3.99. The summed E-state index contributed by atoms with van der Waals surface area (Å²) in [5.41, 5.74) is -2.59. The molecule has 0 aliphatic heterocycles. The van der Waals surface area contributed by atoms with E-state index in [-0.39, 0.29) is 18.8 Å². The largest absolute Gasteiger partial charge is 0.523 e. The molecule has 1 aromatic carbocycles. The van der Waals surface area contributed by atoms with Gasteiger partial charge < -0.3 is 9.84 Å². The van der Waals surface area contributed by atoms with Gasteiger partial charge >= 0.3 is 15.6 Å². The fraction of sp³-hybridized carbons (Fsp3) is 0.464. The fourth-order valence-electron chi connectivity index (χ4n) is 3.89. The molecule has 0 bridgehead atoms. The van der Waals surface area contributed by atoms with Crippen LogP contribution in [0.1, 0.15) is 74.2 Å². The number of aryl methyl sites for hydroxylation is 2. The zero-order valence-corrected chi connectivity index (χ0v) is 26.2. The number of fused-ring (bicyclic) bond motifs is 1. The molecule has 3 aromatic heterocycles. The van der Waals surface area contributed by atoms with E-state index < -0.39 is 45.9 Å². The highest BCUT2D eigenvalue weighted by Crippen LogP contribution is 2.30. The number of hydrogen-bond donors (Lipinski definition) is 1. The Kier molecular flexibility index (Phi) is 10.7. The molecule has 0 saturated carbocycles. The van der Waals surface area contributed by atoms with Crippen LogP contribution in [0.5, 0.6) is 0 Å². The molecule has 0 atom stereocenters. The molecule has 0 unspecified atom stereocenters. The molecule has 1 N–H and O–H groups in total. The second-order valence-electron chi connectivity index (χ2n) is 10.8. The molecular formula is C28H33F5N6O5S. The number of hydrogen-bond acceptors (Lipinski definition) is 9. The first-order chi connectivity index (χ1) is 20.9. The van der Waals surface area contributed by atoms with Crippen LogP contribution < -0.4 is 5.32 Å². The Balaban J connectivity index is 0.00000271. The minimum atomic E-state index is -6.13. The van der Waals surface area contributed by atoms with Gasteiger partial charge in [0.25, 0.3) is 17.7 Å². The smallest absolute Gasteiger partial charge is 0.345 e. The van der Waals surface area contributed by atoms with Crippen LogP contribution in [0, 0.1) is 6.92 Å². The summed E-state index contributed by atoms with van der Waals surface area (Å²) in [5.74, 6) is -4.09. The molecular weight excluding hydrogens is 627 g/mol. The molecule has 17 heteroatoms. The summed E-state index contributed by atoms with van der Waals surface area (Å²) >= 11 is 0. The molecule has 3 heterocycles. The quantitative estimate of drug-likeness (QED) is 0.127. The predicted octanol–water partition coefficient (Wildman–Crippen LogP) is 5.78. The van der Waals surface area contributed by atoms with E-state index in [1.807, 2.05) is 47.6 Å². The summed E-state index contributed by atoms with van der Waals surface area (Å²) in [7, 11) is -6.13. The summed E-state index contributed by atoms with van der Waals surface area (Å²) in [4.78, 5) is 21.0.